The summed E-state index contributed by atoms with van der Waals surface area (Å²) in [6.07, 6.45) is -0.123. The third-order valence-electron chi connectivity index (χ3n) is 1.86. The minimum Gasteiger partial charge on any atom is -0.324 e. The normalized spacial score (nSPS) is 12.1. The lowest BCUT2D eigenvalue weighted by atomic mass is 10.0. The zero-order chi connectivity index (χ0) is 10.7. The summed E-state index contributed by atoms with van der Waals surface area (Å²) in [4.78, 5) is 0. The monoisotopic (exact) mass is 243 g/mol. The minimum atomic E-state index is -1.28. The molecular weight excluding hydrogens is 234 g/mol. The van der Waals surface area contributed by atoms with Gasteiger partial charge in [0.15, 0.2) is 11.6 Å². The van der Waals surface area contributed by atoms with Crippen LogP contribution in [0, 0.1) is 17.5 Å². The van der Waals surface area contributed by atoms with Crippen LogP contribution in [0.3, 0.4) is 0 Å². The Morgan fingerprint density at radius 3 is 2.13 bits per heavy atom. The lowest BCUT2D eigenvalue weighted by molar-refractivity contribution is 0.429. The summed E-state index contributed by atoms with van der Waals surface area (Å²) in [6, 6.07) is 0.114. The van der Waals surface area contributed by atoms with E-state index in [0.29, 0.717) is 12.1 Å². The van der Waals surface area contributed by atoms with Crippen LogP contribution in [-0.2, 0) is 0 Å². The molecule has 1 aromatic rings. The van der Waals surface area contributed by atoms with E-state index in [9.17, 15) is 17.6 Å². The van der Waals surface area contributed by atoms with Gasteiger partial charge in [0.2, 0.25) is 0 Å². The van der Waals surface area contributed by atoms with E-state index in [1.807, 2.05) is 0 Å². The first-order valence-corrected chi connectivity index (χ1v) is 4.02. The second-order valence-corrected chi connectivity index (χ2v) is 2.87. The van der Waals surface area contributed by atoms with E-state index in [2.05, 4.69) is 0 Å². The van der Waals surface area contributed by atoms with Gasteiger partial charge < -0.3 is 5.73 Å². The van der Waals surface area contributed by atoms with Crippen LogP contribution in [0.15, 0.2) is 12.1 Å². The van der Waals surface area contributed by atoms with Crippen molar-refractivity contribution in [3.63, 3.8) is 0 Å². The van der Waals surface area contributed by atoms with Gasteiger partial charge in [-0.15, -0.1) is 12.4 Å². The van der Waals surface area contributed by atoms with Crippen molar-refractivity contribution in [2.24, 2.45) is 5.73 Å². The number of hydrogen-bond donors (Lipinski definition) is 1. The van der Waals surface area contributed by atoms with Gasteiger partial charge in [-0.1, -0.05) is 0 Å². The van der Waals surface area contributed by atoms with Crippen molar-refractivity contribution in [3.8, 4) is 0 Å². The Morgan fingerprint density at radius 2 is 1.60 bits per heavy atom. The van der Waals surface area contributed by atoms with E-state index in [-0.39, 0.29) is 24.4 Å². The predicted octanol–water partition coefficient (Wildman–Crippen LogP) is 2.89. The molecule has 15 heavy (non-hydrogen) atoms. The SMILES string of the molecule is Cl.N[C@@H](CCF)c1cc(F)c(F)cc1F. The van der Waals surface area contributed by atoms with Gasteiger partial charge in [0.25, 0.3) is 0 Å². The van der Waals surface area contributed by atoms with Gasteiger partial charge in [0.1, 0.15) is 5.82 Å². The Balaban J connectivity index is 0.00000196. The van der Waals surface area contributed by atoms with Crippen LogP contribution in [-0.4, -0.2) is 6.67 Å². The van der Waals surface area contributed by atoms with Crippen molar-refractivity contribution in [2.75, 3.05) is 6.67 Å². The number of halogens is 5. The third kappa shape index (κ3) is 3.35. The fraction of sp³-hybridized carbons (Fsp3) is 0.333. The molecule has 1 aromatic carbocycles. The summed E-state index contributed by atoms with van der Waals surface area (Å²) in [5.74, 6) is -3.42. The van der Waals surface area contributed by atoms with Gasteiger partial charge in [-0.2, -0.15) is 0 Å². The average Bonchev–Trinajstić information content (AvgIpc) is 2.11. The summed E-state index contributed by atoms with van der Waals surface area (Å²) in [5, 5.41) is 0. The summed E-state index contributed by atoms with van der Waals surface area (Å²) >= 11 is 0. The number of nitrogens with two attached hydrogens (primary N) is 1. The van der Waals surface area contributed by atoms with Crippen LogP contribution in [0.4, 0.5) is 17.6 Å². The molecule has 1 rings (SSSR count). The maximum Gasteiger partial charge on any atom is 0.161 e. The second kappa shape index (κ2) is 5.92. The van der Waals surface area contributed by atoms with Gasteiger partial charge in [-0.3, -0.25) is 4.39 Å². The quantitative estimate of drug-likeness (QED) is 0.641. The maximum absolute atomic E-state index is 13.0. The molecule has 1 atom stereocenters. The van der Waals surface area contributed by atoms with Gasteiger partial charge in [-0.25, -0.2) is 13.2 Å². The Bertz CT molecular complexity index is 332. The molecule has 0 aromatic heterocycles. The average molecular weight is 244 g/mol. The molecule has 0 fully saturated rings. The first kappa shape index (κ1) is 14.2. The van der Waals surface area contributed by atoms with E-state index >= 15 is 0 Å². The van der Waals surface area contributed by atoms with E-state index in [1.165, 1.54) is 0 Å². The summed E-state index contributed by atoms with van der Waals surface area (Å²) in [5.41, 5.74) is 5.15. The van der Waals surface area contributed by atoms with Crippen LogP contribution in [0.25, 0.3) is 0 Å². The molecule has 0 radical (unpaired) electrons. The molecule has 0 aliphatic rings. The Hall–Kier alpha value is -0.810. The molecule has 86 valence electrons. The fourth-order valence-electron chi connectivity index (χ4n) is 1.10. The smallest absolute Gasteiger partial charge is 0.161 e. The van der Waals surface area contributed by atoms with Gasteiger partial charge in [0.05, 0.1) is 6.67 Å². The van der Waals surface area contributed by atoms with Crippen LogP contribution in [0.2, 0.25) is 0 Å². The summed E-state index contributed by atoms with van der Waals surface area (Å²) in [7, 11) is 0. The zero-order valence-corrected chi connectivity index (χ0v) is 8.46. The van der Waals surface area contributed by atoms with Crippen molar-refractivity contribution in [2.45, 2.75) is 12.5 Å². The molecule has 0 amide bonds. The van der Waals surface area contributed by atoms with E-state index in [0.717, 1.165) is 0 Å². The van der Waals surface area contributed by atoms with Crippen LogP contribution in [0.5, 0.6) is 0 Å². The number of hydrogen-bond acceptors (Lipinski definition) is 1. The highest BCUT2D eigenvalue weighted by Crippen LogP contribution is 2.20. The molecule has 0 spiro atoms. The summed E-state index contributed by atoms with van der Waals surface area (Å²) in [6.45, 7) is -0.737. The highest BCUT2D eigenvalue weighted by molar-refractivity contribution is 5.85. The van der Waals surface area contributed by atoms with Crippen LogP contribution >= 0.6 is 12.4 Å². The first-order chi connectivity index (χ1) is 6.56. The standard InChI is InChI=1S/C9H9F4N.ClH/c10-2-1-9(14)5-3-7(12)8(13)4-6(5)11;/h3-4,9H,1-2,14H2;1H/t9-;/m0./s1. The molecule has 6 heteroatoms. The number of rotatable bonds is 3. The molecule has 0 aliphatic heterocycles. The van der Waals surface area contributed by atoms with Crippen LogP contribution < -0.4 is 5.73 Å². The minimum absolute atomic E-state index is 0. The van der Waals surface area contributed by atoms with Crippen molar-refractivity contribution in [3.05, 3.63) is 35.1 Å². The second-order valence-electron chi connectivity index (χ2n) is 2.87. The van der Waals surface area contributed by atoms with Gasteiger partial charge >= 0.3 is 0 Å². The third-order valence-corrected chi connectivity index (χ3v) is 1.86. The highest BCUT2D eigenvalue weighted by Gasteiger charge is 2.15. The topological polar surface area (TPSA) is 26.0 Å². The molecule has 0 unspecified atom stereocenters. The number of benzene rings is 1. The Labute approximate surface area is 90.7 Å². The lowest BCUT2D eigenvalue weighted by Crippen LogP contribution is -2.13. The molecule has 0 aliphatic carbocycles. The molecule has 0 bridgehead atoms. The number of alkyl halides is 1. The molecule has 0 saturated heterocycles. The fourth-order valence-corrected chi connectivity index (χ4v) is 1.10. The van der Waals surface area contributed by atoms with Crippen molar-refractivity contribution >= 4 is 12.4 Å². The molecule has 0 saturated carbocycles. The zero-order valence-electron chi connectivity index (χ0n) is 7.64. The van der Waals surface area contributed by atoms with Crippen LogP contribution in [0.1, 0.15) is 18.0 Å². The largest absolute Gasteiger partial charge is 0.324 e. The van der Waals surface area contributed by atoms with E-state index < -0.39 is 30.2 Å². The molecule has 0 heterocycles. The summed E-state index contributed by atoms with van der Waals surface area (Å²) < 4.78 is 50.0. The molecule has 1 nitrogen and oxygen atoms in total. The lowest BCUT2D eigenvalue weighted by Gasteiger charge is -2.11. The van der Waals surface area contributed by atoms with E-state index in [4.69, 9.17) is 5.73 Å². The first-order valence-electron chi connectivity index (χ1n) is 4.02. The molecule has 2 N–H and O–H groups in total. The molecular formula is C9H10ClF4N. The van der Waals surface area contributed by atoms with Crippen molar-refractivity contribution < 1.29 is 17.6 Å². The Morgan fingerprint density at radius 1 is 1.07 bits per heavy atom. The maximum atomic E-state index is 13.0. The predicted molar refractivity (Wildman–Crippen MR) is 51.1 cm³/mol. The van der Waals surface area contributed by atoms with Gasteiger partial charge in [0, 0.05) is 17.7 Å². The van der Waals surface area contributed by atoms with Crippen molar-refractivity contribution in [1.82, 2.24) is 0 Å². The van der Waals surface area contributed by atoms with Crippen molar-refractivity contribution in [1.29, 1.82) is 0 Å². The van der Waals surface area contributed by atoms with Gasteiger partial charge in [-0.05, 0) is 12.5 Å². The Kier molecular flexibility index (Phi) is 5.60. The highest BCUT2D eigenvalue weighted by atomic mass is 35.5. The van der Waals surface area contributed by atoms with E-state index in [1.54, 1.807) is 0 Å².